The molecule has 0 aromatic rings. The minimum Gasteiger partial charge on any atom is -0.328 e. The number of nitrogens with two attached hydrogens (primary N) is 1. The molecule has 72 valence electrons. The van der Waals surface area contributed by atoms with Crippen LogP contribution < -0.4 is 5.73 Å². The van der Waals surface area contributed by atoms with Crippen molar-refractivity contribution in [3.8, 4) is 0 Å². The number of rotatable bonds is 1. The van der Waals surface area contributed by atoms with Gasteiger partial charge in [0.1, 0.15) is 0 Å². The van der Waals surface area contributed by atoms with Crippen molar-refractivity contribution in [2.75, 3.05) is 12.8 Å². The van der Waals surface area contributed by atoms with Crippen molar-refractivity contribution in [2.45, 2.75) is 31.8 Å². The molecule has 0 aromatic carbocycles. The summed E-state index contributed by atoms with van der Waals surface area (Å²) in [4.78, 5) is 0. The Labute approximate surface area is 73.8 Å². The fraction of sp³-hybridized carbons (Fsp3) is 1.00. The molecule has 0 unspecified atom stereocenters. The Balaban J connectivity index is 2.69. The molecule has 0 radical (unpaired) electrons. The largest absolute Gasteiger partial charge is 0.328 e. The molecule has 4 nitrogen and oxygen atoms in total. The molecular formula is C7H16N2O2S. The molecule has 0 saturated carbocycles. The van der Waals surface area contributed by atoms with Gasteiger partial charge in [-0.05, 0) is 19.8 Å². The predicted molar refractivity (Wildman–Crippen MR) is 48.2 cm³/mol. The van der Waals surface area contributed by atoms with Crippen molar-refractivity contribution in [3.05, 3.63) is 0 Å². The van der Waals surface area contributed by atoms with Gasteiger partial charge in [-0.25, -0.2) is 8.42 Å². The summed E-state index contributed by atoms with van der Waals surface area (Å²) in [5.74, 6) is 0. The lowest BCUT2D eigenvalue weighted by Gasteiger charge is -2.34. The standard InChI is InChI=1S/C7H16N2O2S/c1-6-5-7(8)3-4-9(6)12(2,10)11/h6-7H,3-5,8H2,1-2H3/t6-,7-/m0/s1. The second-order valence-corrected chi connectivity index (χ2v) is 5.44. The molecule has 0 amide bonds. The van der Waals surface area contributed by atoms with Gasteiger partial charge in [0.2, 0.25) is 10.0 Å². The maximum Gasteiger partial charge on any atom is 0.211 e. The van der Waals surface area contributed by atoms with Gasteiger partial charge in [0.25, 0.3) is 0 Å². The fourth-order valence-corrected chi connectivity index (χ4v) is 2.86. The molecule has 0 bridgehead atoms. The van der Waals surface area contributed by atoms with Crippen molar-refractivity contribution in [2.24, 2.45) is 5.73 Å². The second-order valence-electron chi connectivity index (χ2n) is 3.51. The summed E-state index contributed by atoms with van der Waals surface area (Å²) in [6, 6.07) is 0.224. The van der Waals surface area contributed by atoms with Gasteiger partial charge in [0.15, 0.2) is 0 Å². The third kappa shape index (κ3) is 2.18. The lowest BCUT2D eigenvalue weighted by atomic mass is 10.0. The highest BCUT2D eigenvalue weighted by atomic mass is 32.2. The molecule has 1 aliphatic heterocycles. The van der Waals surface area contributed by atoms with Crippen LogP contribution in [0.3, 0.4) is 0 Å². The average Bonchev–Trinajstić information content (AvgIpc) is 1.83. The number of piperidine rings is 1. The summed E-state index contributed by atoms with van der Waals surface area (Å²) < 4.78 is 23.9. The highest BCUT2D eigenvalue weighted by Gasteiger charge is 2.28. The minimum absolute atomic E-state index is 0.0590. The highest BCUT2D eigenvalue weighted by Crippen LogP contribution is 2.18. The topological polar surface area (TPSA) is 63.4 Å². The van der Waals surface area contributed by atoms with E-state index >= 15 is 0 Å². The third-order valence-electron chi connectivity index (χ3n) is 2.28. The van der Waals surface area contributed by atoms with Crippen LogP contribution in [0.4, 0.5) is 0 Å². The molecule has 2 atom stereocenters. The van der Waals surface area contributed by atoms with Crippen LogP contribution in [0.25, 0.3) is 0 Å². The first-order valence-corrected chi connectivity index (χ1v) is 5.98. The molecule has 1 saturated heterocycles. The zero-order chi connectivity index (χ0) is 9.35. The summed E-state index contributed by atoms with van der Waals surface area (Å²) in [6.07, 6.45) is 2.80. The average molecular weight is 192 g/mol. The molecule has 1 rings (SSSR count). The molecule has 2 N–H and O–H groups in total. The van der Waals surface area contributed by atoms with E-state index in [9.17, 15) is 8.42 Å². The zero-order valence-corrected chi connectivity index (χ0v) is 8.34. The normalized spacial score (nSPS) is 33.6. The van der Waals surface area contributed by atoms with E-state index in [0.717, 1.165) is 12.8 Å². The van der Waals surface area contributed by atoms with Crippen LogP contribution >= 0.6 is 0 Å². The van der Waals surface area contributed by atoms with Crippen LogP contribution in [0, 0.1) is 0 Å². The zero-order valence-electron chi connectivity index (χ0n) is 7.53. The Bertz CT molecular complexity index is 250. The minimum atomic E-state index is -3.02. The first-order valence-electron chi connectivity index (χ1n) is 4.13. The SMILES string of the molecule is C[C@H]1C[C@@H](N)CCN1S(C)(=O)=O. The number of hydrogen-bond donors (Lipinski definition) is 1. The van der Waals surface area contributed by atoms with Crippen LogP contribution in [-0.2, 0) is 10.0 Å². The summed E-state index contributed by atoms with van der Waals surface area (Å²) in [6.45, 7) is 2.47. The van der Waals surface area contributed by atoms with E-state index in [4.69, 9.17) is 5.73 Å². The number of sulfonamides is 1. The lowest BCUT2D eigenvalue weighted by molar-refractivity contribution is 0.249. The van der Waals surface area contributed by atoms with Gasteiger partial charge in [0.05, 0.1) is 6.26 Å². The predicted octanol–water partition coefficient (Wildman–Crippen LogP) is -0.242. The Kier molecular flexibility index (Phi) is 2.75. The van der Waals surface area contributed by atoms with Crippen LogP contribution in [0.15, 0.2) is 0 Å². The van der Waals surface area contributed by atoms with Gasteiger partial charge in [0, 0.05) is 18.6 Å². The van der Waals surface area contributed by atoms with Crippen LogP contribution in [-0.4, -0.2) is 37.6 Å². The van der Waals surface area contributed by atoms with Gasteiger partial charge < -0.3 is 5.73 Å². The van der Waals surface area contributed by atoms with E-state index in [1.165, 1.54) is 10.6 Å². The van der Waals surface area contributed by atoms with Crippen molar-refractivity contribution < 1.29 is 8.42 Å². The van der Waals surface area contributed by atoms with Crippen molar-refractivity contribution in [1.82, 2.24) is 4.31 Å². The van der Waals surface area contributed by atoms with Crippen molar-refractivity contribution in [1.29, 1.82) is 0 Å². The third-order valence-corrected chi connectivity index (χ3v) is 3.68. The monoisotopic (exact) mass is 192 g/mol. The molecule has 5 heteroatoms. The molecular weight excluding hydrogens is 176 g/mol. The smallest absolute Gasteiger partial charge is 0.211 e. The summed E-state index contributed by atoms with van der Waals surface area (Å²) in [5.41, 5.74) is 5.71. The van der Waals surface area contributed by atoms with E-state index in [0.29, 0.717) is 6.54 Å². The second kappa shape index (κ2) is 3.32. The van der Waals surface area contributed by atoms with Crippen molar-refractivity contribution in [3.63, 3.8) is 0 Å². The molecule has 0 aliphatic carbocycles. The summed E-state index contributed by atoms with van der Waals surface area (Å²) >= 11 is 0. The van der Waals surface area contributed by atoms with E-state index < -0.39 is 10.0 Å². The van der Waals surface area contributed by atoms with Gasteiger partial charge in [-0.2, -0.15) is 4.31 Å². The van der Waals surface area contributed by atoms with Crippen LogP contribution in [0.5, 0.6) is 0 Å². The van der Waals surface area contributed by atoms with Crippen LogP contribution in [0.1, 0.15) is 19.8 Å². The molecule has 0 aromatic heterocycles. The fourth-order valence-electron chi connectivity index (χ4n) is 1.68. The maximum absolute atomic E-state index is 11.2. The lowest BCUT2D eigenvalue weighted by Crippen LogP contribution is -2.47. The quantitative estimate of drug-likeness (QED) is 0.623. The van der Waals surface area contributed by atoms with Gasteiger partial charge in [-0.3, -0.25) is 0 Å². The van der Waals surface area contributed by atoms with Gasteiger partial charge >= 0.3 is 0 Å². The Morgan fingerprint density at radius 2 is 2.08 bits per heavy atom. The highest BCUT2D eigenvalue weighted by molar-refractivity contribution is 7.88. The molecule has 0 spiro atoms. The molecule has 1 heterocycles. The van der Waals surface area contributed by atoms with E-state index in [1.807, 2.05) is 6.92 Å². The maximum atomic E-state index is 11.2. The van der Waals surface area contributed by atoms with Crippen molar-refractivity contribution >= 4 is 10.0 Å². The summed E-state index contributed by atoms with van der Waals surface area (Å²) in [5, 5.41) is 0. The van der Waals surface area contributed by atoms with E-state index in [2.05, 4.69) is 0 Å². The number of hydrogen-bond acceptors (Lipinski definition) is 3. The summed E-state index contributed by atoms with van der Waals surface area (Å²) in [7, 11) is -3.02. The Morgan fingerprint density at radius 3 is 2.50 bits per heavy atom. The molecule has 1 aliphatic rings. The van der Waals surface area contributed by atoms with E-state index in [1.54, 1.807) is 0 Å². The first-order chi connectivity index (χ1) is 5.41. The number of nitrogens with zero attached hydrogens (tertiary/aromatic N) is 1. The van der Waals surface area contributed by atoms with Crippen LogP contribution in [0.2, 0.25) is 0 Å². The van der Waals surface area contributed by atoms with Gasteiger partial charge in [-0.15, -0.1) is 0 Å². The molecule has 1 fully saturated rings. The Hall–Kier alpha value is -0.130. The Morgan fingerprint density at radius 1 is 1.50 bits per heavy atom. The van der Waals surface area contributed by atoms with Gasteiger partial charge in [-0.1, -0.05) is 0 Å². The first kappa shape index (κ1) is 9.95. The molecule has 12 heavy (non-hydrogen) atoms. The van der Waals surface area contributed by atoms with E-state index in [-0.39, 0.29) is 12.1 Å².